The van der Waals surface area contributed by atoms with E-state index in [1.54, 1.807) is 0 Å². The Labute approximate surface area is 210 Å². The summed E-state index contributed by atoms with van der Waals surface area (Å²) < 4.78 is 5.51. The molecule has 8 heteroatoms. The van der Waals surface area contributed by atoms with Crippen LogP contribution in [-0.2, 0) is 11.3 Å². The number of hydrogen-bond donors (Lipinski definition) is 2. The Morgan fingerprint density at radius 2 is 1.91 bits per heavy atom. The van der Waals surface area contributed by atoms with Gasteiger partial charge in [0.05, 0.1) is 24.9 Å². The second-order valence-electron chi connectivity index (χ2n) is 9.02. The van der Waals surface area contributed by atoms with Gasteiger partial charge in [-0.1, -0.05) is 18.2 Å². The van der Waals surface area contributed by atoms with E-state index in [2.05, 4.69) is 76.0 Å². The van der Waals surface area contributed by atoms with Crippen molar-refractivity contribution in [3.8, 4) is 10.4 Å². The summed E-state index contributed by atoms with van der Waals surface area (Å²) in [6.07, 6.45) is 1.92. The highest BCUT2D eigenvalue weighted by Crippen LogP contribution is 2.36. The van der Waals surface area contributed by atoms with Crippen LogP contribution < -0.4 is 15.5 Å². The largest absolute Gasteiger partial charge is 0.378 e. The SMILES string of the molecule is CNCc1c(C)cccc1-c1ccc([C@@H](C)Nc2nnc(C)c3cnc(N4CCOCC4)cc23)s1. The van der Waals surface area contributed by atoms with Crippen molar-refractivity contribution in [3.63, 3.8) is 0 Å². The lowest BCUT2D eigenvalue weighted by Crippen LogP contribution is -2.36. The number of fused-ring (bicyclic) bond motifs is 1. The monoisotopic (exact) mass is 488 g/mol. The van der Waals surface area contributed by atoms with Crippen molar-refractivity contribution in [1.82, 2.24) is 20.5 Å². The molecule has 182 valence electrons. The summed E-state index contributed by atoms with van der Waals surface area (Å²) in [5.41, 5.74) is 4.84. The first-order valence-electron chi connectivity index (χ1n) is 12.1. The van der Waals surface area contributed by atoms with Crippen molar-refractivity contribution in [2.45, 2.75) is 33.4 Å². The Morgan fingerprint density at radius 3 is 2.71 bits per heavy atom. The summed E-state index contributed by atoms with van der Waals surface area (Å²) in [6, 6.07) is 13.2. The second-order valence-corrected chi connectivity index (χ2v) is 10.1. The summed E-state index contributed by atoms with van der Waals surface area (Å²) in [5, 5.41) is 17.9. The number of rotatable bonds is 7. The van der Waals surface area contributed by atoms with Gasteiger partial charge in [0.2, 0.25) is 0 Å². The highest BCUT2D eigenvalue weighted by atomic mass is 32.1. The van der Waals surface area contributed by atoms with E-state index in [4.69, 9.17) is 9.72 Å². The van der Waals surface area contributed by atoms with Crippen LogP contribution in [0.2, 0.25) is 0 Å². The number of nitrogens with one attached hydrogen (secondary N) is 2. The molecule has 0 amide bonds. The molecule has 35 heavy (non-hydrogen) atoms. The highest BCUT2D eigenvalue weighted by Gasteiger charge is 2.18. The minimum atomic E-state index is 0.0894. The molecular weight excluding hydrogens is 456 g/mol. The lowest BCUT2D eigenvalue weighted by molar-refractivity contribution is 0.122. The number of hydrogen-bond acceptors (Lipinski definition) is 8. The Balaban J connectivity index is 1.43. The molecule has 0 radical (unpaired) electrons. The lowest BCUT2D eigenvalue weighted by atomic mass is 10.0. The maximum atomic E-state index is 5.51. The van der Waals surface area contributed by atoms with E-state index in [0.29, 0.717) is 0 Å². The Morgan fingerprint density at radius 1 is 1.09 bits per heavy atom. The molecule has 0 spiro atoms. The molecule has 1 saturated heterocycles. The number of pyridine rings is 1. The van der Waals surface area contributed by atoms with Crippen molar-refractivity contribution in [2.24, 2.45) is 0 Å². The minimum absolute atomic E-state index is 0.0894. The summed E-state index contributed by atoms with van der Waals surface area (Å²) >= 11 is 1.82. The quantitative estimate of drug-likeness (QED) is 0.375. The summed E-state index contributed by atoms with van der Waals surface area (Å²) in [6.45, 7) is 10.3. The number of aromatic nitrogens is 3. The van der Waals surface area contributed by atoms with Gasteiger partial charge in [-0.05, 0) is 62.7 Å². The summed E-state index contributed by atoms with van der Waals surface area (Å²) in [7, 11) is 2.00. The smallest absolute Gasteiger partial charge is 0.157 e. The van der Waals surface area contributed by atoms with Crippen LogP contribution in [-0.4, -0.2) is 48.5 Å². The maximum Gasteiger partial charge on any atom is 0.157 e. The molecule has 1 aromatic carbocycles. The van der Waals surface area contributed by atoms with E-state index >= 15 is 0 Å². The van der Waals surface area contributed by atoms with E-state index in [1.807, 2.05) is 31.5 Å². The van der Waals surface area contributed by atoms with Gasteiger partial charge >= 0.3 is 0 Å². The fraction of sp³-hybridized carbons (Fsp3) is 0.370. The molecule has 0 saturated carbocycles. The van der Waals surface area contributed by atoms with Crippen LogP contribution in [0.5, 0.6) is 0 Å². The molecule has 0 unspecified atom stereocenters. The summed E-state index contributed by atoms with van der Waals surface area (Å²) in [5.74, 6) is 1.75. The average Bonchev–Trinajstić information content (AvgIpc) is 3.38. The fourth-order valence-electron chi connectivity index (χ4n) is 4.58. The third kappa shape index (κ3) is 4.87. The van der Waals surface area contributed by atoms with E-state index in [9.17, 15) is 0 Å². The first kappa shape index (κ1) is 23.7. The van der Waals surface area contributed by atoms with Gasteiger partial charge in [-0.3, -0.25) is 0 Å². The zero-order valence-electron chi connectivity index (χ0n) is 20.8. The molecule has 2 N–H and O–H groups in total. The van der Waals surface area contributed by atoms with E-state index in [-0.39, 0.29) is 6.04 Å². The Bertz CT molecular complexity index is 1330. The van der Waals surface area contributed by atoms with Gasteiger partial charge in [0, 0.05) is 46.4 Å². The summed E-state index contributed by atoms with van der Waals surface area (Å²) in [4.78, 5) is 9.51. The second kappa shape index (κ2) is 10.3. The number of benzene rings is 1. The third-order valence-electron chi connectivity index (χ3n) is 6.61. The fourth-order valence-corrected chi connectivity index (χ4v) is 5.65. The molecule has 1 fully saturated rings. The number of aryl methyl sites for hydroxylation is 2. The van der Waals surface area contributed by atoms with Crippen LogP contribution >= 0.6 is 11.3 Å². The van der Waals surface area contributed by atoms with Crippen molar-refractivity contribution >= 4 is 33.7 Å². The Kier molecular flexibility index (Phi) is 6.95. The predicted molar refractivity (Wildman–Crippen MR) is 144 cm³/mol. The van der Waals surface area contributed by atoms with Gasteiger partial charge in [-0.25, -0.2) is 4.98 Å². The number of morpholine rings is 1. The highest BCUT2D eigenvalue weighted by molar-refractivity contribution is 7.15. The van der Waals surface area contributed by atoms with Gasteiger partial charge in [0.25, 0.3) is 0 Å². The zero-order valence-corrected chi connectivity index (χ0v) is 21.6. The van der Waals surface area contributed by atoms with E-state index in [1.165, 1.54) is 26.4 Å². The average molecular weight is 489 g/mol. The van der Waals surface area contributed by atoms with Gasteiger partial charge in [0.1, 0.15) is 5.82 Å². The molecule has 4 heterocycles. The molecule has 4 aromatic rings. The van der Waals surface area contributed by atoms with Crippen LogP contribution in [0.3, 0.4) is 0 Å². The molecule has 1 aliphatic rings. The zero-order chi connectivity index (χ0) is 24.4. The van der Waals surface area contributed by atoms with E-state index in [0.717, 1.165) is 61.0 Å². The first-order chi connectivity index (χ1) is 17.0. The lowest BCUT2D eigenvalue weighted by Gasteiger charge is -2.28. The Hall–Kier alpha value is -3.07. The van der Waals surface area contributed by atoms with Crippen LogP contribution in [0, 0.1) is 13.8 Å². The van der Waals surface area contributed by atoms with Gasteiger partial charge in [-0.2, -0.15) is 5.10 Å². The molecule has 1 aliphatic heterocycles. The van der Waals surface area contributed by atoms with Gasteiger partial charge < -0.3 is 20.3 Å². The topological polar surface area (TPSA) is 75.2 Å². The first-order valence-corrected chi connectivity index (χ1v) is 12.9. The predicted octanol–water partition coefficient (Wildman–Crippen LogP) is 5.10. The number of thiophene rings is 1. The normalized spacial score (nSPS) is 14.9. The molecular formula is C27H32N6OS. The van der Waals surface area contributed by atoms with Crippen LogP contribution in [0.25, 0.3) is 21.2 Å². The van der Waals surface area contributed by atoms with Crippen molar-refractivity contribution in [2.75, 3.05) is 43.6 Å². The van der Waals surface area contributed by atoms with Gasteiger partial charge in [-0.15, -0.1) is 16.4 Å². The van der Waals surface area contributed by atoms with Crippen LogP contribution in [0.4, 0.5) is 11.6 Å². The molecule has 3 aromatic heterocycles. The van der Waals surface area contributed by atoms with Gasteiger partial charge in [0.15, 0.2) is 5.82 Å². The molecule has 1 atom stereocenters. The van der Waals surface area contributed by atoms with Crippen molar-refractivity contribution in [3.05, 3.63) is 64.3 Å². The third-order valence-corrected chi connectivity index (χ3v) is 7.91. The molecule has 5 rings (SSSR count). The number of anilines is 2. The van der Waals surface area contributed by atoms with E-state index < -0.39 is 0 Å². The minimum Gasteiger partial charge on any atom is -0.378 e. The molecule has 0 bridgehead atoms. The maximum absolute atomic E-state index is 5.51. The number of ether oxygens (including phenoxy) is 1. The number of nitrogens with zero attached hydrogens (tertiary/aromatic N) is 4. The molecule has 7 nitrogen and oxygen atoms in total. The molecule has 0 aliphatic carbocycles. The van der Waals surface area contributed by atoms with Crippen LogP contribution in [0.15, 0.2) is 42.6 Å². The van der Waals surface area contributed by atoms with Crippen molar-refractivity contribution in [1.29, 1.82) is 0 Å². The van der Waals surface area contributed by atoms with Crippen molar-refractivity contribution < 1.29 is 4.74 Å². The van der Waals surface area contributed by atoms with Crippen LogP contribution in [0.1, 0.15) is 34.7 Å². The standard InChI is InChI=1S/C27H32N6OS/c1-17-6-5-7-20(22(17)15-28-4)25-9-8-24(35-25)19(3)30-27-21-14-26(33-10-12-34-13-11-33)29-16-23(21)18(2)31-32-27/h5-9,14,16,19,28H,10-13,15H2,1-4H3,(H,30,32)/t19-/m1/s1.